The van der Waals surface area contributed by atoms with Crippen LogP contribution in [0, 0.1) is 0 Å². The van der Waals surface area contributed by atoms with Gasteiger partial charge in [-0.1, -0.05) is 24.3 Å². The third kappa shape index (κ3) is 5.24. The average Bonchev–Trinajstić information content (AvgIpc) is 3.41. The van der Waals surface area contributed by atoms with E-state index in [-0.39, 0.29) is 18.0 Å². The third-order valence-electron chi connectivity index (χ3n) is 4.30. The Labute approximate surface area is 153 Å². The van der Waals surface area contributed by atoms with E-state index < -0.39 is 0 Å². The van der Waals surface area contributed by atoms with E-state index in [9.17, 15) is 9.59 Å². The molecule has 0 aliphatic heterocycles. The molecular formula is C20H24N4O2. The van der Waals surface area contributed by atoms with Crippen molar-refractivity contribution in [1.29, 1.82) is 0 Å². The van der Waals surface area contributed by atoms with E-state index in [0.717, 1.165) is 29.7 Å². The zero-order valence-corrected chi connectivity index (χ0v) is 14.8. The van der Waals surface area contributed by atoms with E-state index in [4.69, 9.17) is 5.73 Å². The summed E-state index contributed by atoms with van der Waals surface area (Å²) in [7, 11) is 0. The van der Waals surface area contributed by atoms with Gasteiger partial charge in [-0.3, -0.25) is 4.79 Å². The van der Waals surface area contributed by atoms with E-state index >= 15 is 0 Å². The number of rotatable bonds is 6. The summed E-state index contributed by atoms with van der Waals surface area (Å²) in [5.41, 5.74) is 8.96. The first-order valence-electron chi connectivity index (χ1n) is 8.81. The van der Waals surface area contributed by atoms with Gasteiger partial charge in [-0.25, -0.2) is 4.79 Å². The summed E-state index contributed by atoms with van der Waals surface area (Å²) in [4.78, 5) is 23.9. The molecule has 1 aliphatic rings. The molecule has 1 unspecified atom stereocenters. The molecule has 26 heavy (non-hydrogen) atoms. The fourth-order valence-electron chi connectivity index (χ4n) is 2.63. The van der Waals surface area contributed by atoms with Crippen LogP contribution in [-0.2, 0) is 11.2 Å². The van der Waals surface area contributed by atoms with Gasteiger partial charge in [0.2, 0.25) is 5.91 Å². The summed E-state index contributed by atoms with van der Waals surface area (Å²) >= 11 is 0. The lowest BCUT2D eigenvalue weighted by Gasteiger charge is -2.15. The fraction of sp³-hybridized carbons (Fsp3) is 0.300. The van der Waals surface area contributed by atoms with Gasteiger partial charge in [-0.05, 0) is 55.2 Å². The van der Waals surface area contributed by atoms with Gasteiger partial charge in [0.25, 0.3) is 0 Å². The lowest BCUT2D eigenvalue weighted by Crippen LogP contribution is -2.30. The number of urea groups is 1. The SMILES string of the molecule is CC(NC(=O)Cc1ccc(N)cc1)c1ccc(NC(=O)NC2CC2)cc1. The number of amides is 3. The van der Waals surface area contributed by atoms with Crippen molar-refractivity contribution in [2.45, 2.75) is 38.3 Å². The topological polar surface area (TPSA) is 96.2 Å². The number of benzene rings is 2. The first-order valence-corrected chi connectivity index (χ1v) is 8.81. The summed E-state index contributed by atoms with van der Waals surface area (Å²) < 4.78 is 0. The Morgan fingerprint density at radius 1 is 1.08 bits per heavy atom. The molecular weight excluding hydrogens is 328 g/mol. The van der Waals surface area contributed by atoms with Gasteiger partial charge in [0, 0.05) is 17.4 Å². The van der Waals surface area contributed by atoms with Crippen molar-refractivity contribution in [2.24, 2.45) is 0 Å². The van der Waals surface area contributed by atoms with Gasteiger partial charge in [0.15, 0.2) is 0 Å². The van der Waals surface area contributed by atoms with E-state index in [1.807, 2.05) is 43.3 Å². The van der Waals surface area contributed by atoms with Crippen LogP contribution in [0.25, 0.3) is 0 Å². The maximum atomic E-state index is 12.2. The smallest absolute Gasteiger partial charge is 0.319 e. The zero-order chi connectivity index (χ0) is 18.5. The second-order valence-electron chi connectivity index (χ2n) is 6.70. The van der Waals surface area contributed by atoms with Crippen LogP contribution in [0.1, 0.15) is 36.9 Å². The van der Waals surface area contributed by atoms with Crippen LogP contribution in [-0.4, -0.2) is 18.0 Å². The molecule has 136 valence electrons. The summed E-state index contributed by atoms with van der Waals surface area (Å²) in [6.07, 6.45) is 2.42. The minimum Gasteiger partial charge on any atom is -0.399 e. The Morgan fingerprint density at radius 3 is 2.35 bits per heavy atom. The molecule has 1 saturated carbocycles. The molecule has 0 radical (unpaired) electrons. The van der Waals surface area contributed by atoms with Crippen LogP contribution in [0.5, 0.6) is 0 Å². The second-order valence-corrected chi connectivity index (χ2v) is 6.70. The Bertz CT molecular complexity index is 767. The molecule has 2 aromatic carbocycles. The molecule has 0 heterocycles. The monoisotopic (exact) mass is 352 g/mol. The van der Waals surface area contributed by atoms with Crippen molar-refractivity contribution in [2.75, 3.05) is 11.1 Å². The molecule has 1 atom stereocenters. The van der Waals surface area contributed by atoms with Crippen LogP contribution in [0.2, 0.25) is 0 Å². The first kappa shape index (κ1) is 17.8. The Kier molecular flexibility index (Phi) is 5.41. The summed E-state index contributed by atoms with van der Waals surface area (Å²) in [5, 5.41) is 8.67. The summed E-state index contributed by atoms with van der Waals surface area (Å²) in [5.74, 6) is -0.0479. The molecule has 0 aromatic heterocycles. The van der Waals surface area contributed by atoms with Gasteiger partial charge < -0.3 is 21.7 Å². The molecule has 3 rings (SSSR count). The van der Waals surface area contributed by atoms with Crippen LogP contribution in [0.3, 0.4) is 0 Å². The molecule has 6 nitrogen and oxygen atoms in total. The van der Waals surface area contributed by atoms with Gasteiger partial charge in [-0.2, -0.15) is 0 Å². The minimum atomic E-state index is -0.176. The average molecular weight is 352 g/mol. The predicted octanol–water partition coefficient (Wildman–Crippen LogP) is 2.97. The number of anilines is 2. The Morgan fingerprint density at radius 2 is 1.73 bits per heavy atom. The summed E-state index contributed by atoms with van der Waals surface area (Å²) in [6.45, 7) is 1.93. The predicted molar refractivity (Wildman–Crippen MR) is 103 cm³/mol. The fourth-order valence-corrected chi connectivity index (χ4v) is 2.63. The van der Waals surface area contributed by atoms with Crippen molar-refractivity contribution in [3.8, 4) is 0 Å². The maximum absolute atomic E-state index is 12.2. The van der Waals surface area contributed by atoms with Crippen LogP contribution >= 0.6 is 0 Å². The van der Waals surface area contributed by atoms with Gasteiger partial charge in [0.05, 0.1) is 12.5 Å². The van der Waals surface area contributed by atoms with E-state index in [0.29, 0.717) is 18.2 Å². The standard InChI is InChI=1S/C20H24N4O2/c1-13(22-19(25)12-14-2-6-16(21)7-3-14)15-4-8-17(9-5-15)23-20(26)24-18-10-11-18/h2-9,13,18H,10-12,21H2,1H3,(H,22,25)(H2,23,24,26). The van der Waals surface area contributed by atoms with Crippen molar-refractivity contribution in [3.05, 3.63) is 59.7 Å². The first-order chi connectivity index (χ1) is 12.5. The van der Waals surface area contributed by atoms with Gasteiger partial charge in [0.1, 0.15) is 0 Å². The molecule has 0 bridgehead atoms. The van der Waals surface area contributed by atoms with Crippen LogP contribution in [0.4, 0.5) is 16.2 Å². The molecule has 5 N–H and O–H groups in total. The lowest BCUT2D eigenvalue weighted by atomic mass is 10.1. The van der Waals surface area contributed by atoms with E-state index in [1.165, 1.54) is 0 Å². The third-order valence-corrected chi connectivity index (χ3v) is 4.30. The molecule has 1 fully saturated rings. The normalized spacial score (nSPS) is 14.3. The van der Waals surface area contributed by atoms with Crippen molar-refractivity contribution >= 4 is 23.3 Å². The zero-order valence-electron chi connectivity index (χ0n) is 14.8. The Hall–Kier alpha value is -3.02. The number of nitrogens with one attached hydrogen (secondary N) is 3. The van der Waals surface area contributed by atoms with Crippen molar-refractivity contribution in [3.63, 3.8) is 0 Å². The highest BCUT2D eigenvalue weighted by atomic mass is 16.2. The van der Waals surface area contributed by atoms with Gasteiger partial charge in [-0.15, -0.1) is 0 Å². The number of hydrogen-bond acceptors (Lipinski definition) is 3. The molecule has 0 saturated heterocycles. The highest BCUT2D eigenvalue weighted by Crippen LogP contribution is 2.20. The Balaban J connectivity index is 1.50. The maximum Gasteiger partial charge on any atom is 0.319 e. The largest absolute Gasteiger partial charge is 0.399 e. The number of carbonyl (C=O) groups is 2. The second kappa shape index (κ2) is 7.91. The quantitative estimate of drug-likeness (QED) is 0.602. The van der Waals surface area contributed by atoms with E-state index in [1.54, 1.807) is 12.1 Å². The number of nitrogen functional groups attached to an aromatic ring is 1. The van der Waals surface area contributed by atoms with Crippen LogP contribution < -0.4 is 21.7 Å². The molecule has 6 heteroatoms. The minimum absolute atomic E-state index is 0.0479. The van der Waals surface area contributed by atoms with Crippen LogP contribution in [0.15, 0.2) is 48.5 Å². The molecule has 2 aromatic rings. The number of nitrogens with two attached hydrogens (primary N) is 1. The highest BCUT2D eigenvalue weighted by Gasteiger charge is 2.23. The molecule has 3 amide bonds. The summed E-state index contributed by atoms with van der Waals surface area (Å²) in [6, 6.07) is 14.8. The van der Waals surface area contributed by atoms with Crippen molar-refractivity contribution in [1.82, 2.24) is 10.6 Å². The molecule has 0 spiro atoms. The lowest BCUT2D eigenvalue weighted by molar-refractivity contribution is -0.121. The van der Waals surface area contributed by atoms with Gasteiger partial charge >= 0.3 is 6.03 Å². The number of hydrogen-bond donors (Lipinski definition) is 4. The van der Waals surface area contributed by atoms with Crippen molar-refractivity contribution < 1.29 is 9.59 Å². The highest BCUT2D eigenvalue weighted by molar-refractivity contribution is 5.89. The van der Waals surface area contributed by atoms with E-state index in [2.05, 4.69) is 16.0 Å². The number of carbonyl (C=O) groups excluding carboxylic acids is 2. The molecule has 1 aliphatic carbocycles.